The van der Waals surface area contributed by atoms with Crippen LogP contribution < -0.4 is 14.4 Å². The number of nitrogens with one attached hydrogen (secondary N) is 1. The maximum Gasteiger partial charge on any atom is 0.303 e. The van der Waals surface area contributed by atoms with Gasteiger partial charge in [-0.1, -0.05) is 6.07 Å². The van der Waals surface area contributed by atoms with Crippen molar-refractivity contribution in [3.05, 3.63) is 72.6 Å². The molecule has 1 atom stereocenters. The van der Waals surface area contributed by atoms with Crippen molar-refractivity contribution in [2.45, 2.75) is 24.8 Å². The Kier molecular flexibility index (Phi) is 8.63. The maximum atomic E-state index is 14.3. The molecule has 3 heterocycles. The Morgan fingerprint density at radius 1 is 0.977 bits per heavy atom. The molecule has 1 unspecified atom stereocenters. The molecule has 0 saturated carbocycles. The molecule has 14 heteroatoms. The van der Waals surface area contributed by atoms with Gasteiger partial charge in [0.25, 0.3) is 15.9 Å². The Morgan fingerprint density at radius 2 is 1.73 bits per heavy atom. The fourth-order valence-corrected chi connectivity index (χ4v) is 6.16. The van der Waals surface area contributed by atoms with Gasteiger partial charge in [0.2, 0.25) is 5.88 Å². The third kappa shape index (κ3) is 6.39. The first-order chi connectivity index (χ1) is 21.0. The smallest absolute Gasteiger partial charge is 0.303 e. The quantitative estimate of drug-likeness (QED) is 0.289. The van der Waals surface area contributed by atoms with Crippen molar-refractivity contribution in [2.24, 2.45) is 0 Å². The number of carbonyl (C=O) groups is 2. The third-order valence-corrected chi connectivity index (χ3v) is 8.55. The number of amides is 1. The first-order valence-electron chi connectivity index (χ1n) is 13.6. The van der Waals surface area contributed by atoms with E-state index in [0.717, 1.165) is 28.7 Å². The topological polar surface area (TPSA) is 131 Å². The second-order valence-corrected chi connectivity index (χ2v) is 11.7. The molecule has 1 saturated heterocycles. The summed E-state index contributed by atoms with van der Waals surface area (Å²) in [5.74, 6) is -2.95. The normalized spacial score (nSPS) is 14.3. The lowest BCUT2D eigenvalue weighted by atomic mass is 10.0. The fourth-order valence-electron chi connectivity index (χ4n) is 5.05. The first-order valence-corrected chi connectivity index (χ1v) is 15.1. The lowest BCUT2D eigenvalue weighted by Gasteiger charge is -2.37. The van der Waals surface area contributed by atoms with Crippen LogP contribution in [0.3, 0.4) is 0 Å². The number of pyridine rings is 2. The van der Waals surface area contributed by atoms with Crippen molar-refractivity contribution in [3.8, 4) is 17.0 Å². The highest BCUT2D eigenvalue weighted by Crippen LogP contribution is 2.34. The lowest BCUT2D eigenvalue weighted by Crippen LogP contribution is -2.51. The van der Waals surface area contributed by atoms with Gasteiger partial charge in [-0.25, -0.2) is 22.2 Å². The van der Waals surface area contributed by atoms with Crippen LogP contribution in [0.25, 0.3) is 22.0 Å². The van der Waals surface area contributed by atoms with Crippen molar-refractivity contribution in [1.29, 1.82) is 0 Å². The van der Waals surface area contributed by atoms with Gasteiger partial charge in [0.05, 0.1) is 12.6 Å². The standard InChI is InChI=1S/C30H29F2N5O6S/c1-18(43-19(2)38)30(39)37-12-10-36(11-13-37)27-8-9-33-25-6-4-20(14-23(25)27)21-15-26(29(42-3)34-17-21)35-44(40,41)28-7-5-22(31)16-24(28)32/h4-9,14-18,35H,10-13H2,1-3H3. The number of halogens is 2. The number of sulfonamides is 1. The van der Waals surface area contributed by atoms with Crippen LogP contribution in [0.1, 0.15) is 13.8 Å². The van der Waals surface area contributed by atoms with Gasteiger partial charge in [0.1, 0.15) is 22.2 Å². The lowest BCUT2D eigenvalue weighted by molar-refractivity contribution is -0.157. The Hall–Kier alpha value is -4.85. The van der Waals surface area contributed by atoms with Crippen LogP contribution in [0.4, 0.5) is 20.2 Å². The number of methoxy groups -OCH3 is 1. The van der Waals surface area contributed by atoms with Gasteiger partial charge in [0.15, 0.2) is 6.10 Å². The molecule has 4 aromatic rings. The van der Waals surface area contributed by atoms with Gasteiger partial charge in [-0.15, -0.1) is 0 Å². The summed E-state index contributed by atoms with van der Waals surface area (Å²) in [6.07, 6.45) is 2.36. The van der Waals surface area contributed by atoms with Crippen LogP contribution in [0, 0.1) is 11.6 Å². The third-order valence-electron chi connectivity index (χ3n) is 7.15. The molecule has 1 N–H and O–H groups in total. The number of aromatic nitrogens is 2. The largest absolute Gasteiger partial charge is 0.480 e. The minimum Gasteiger partial charge on any atom is -0.480 e. The Balaban J connectivity index is 1.42. The minimum atomic E-state index is -4.45. The number of hydrogen-bond donors (Lipinski definition) is 1. The second-order valence-electron chi connectivity index (χ2n) is 10.1. The number of benzene rings is 2. The molecule has 5 rings (SSSR count). The highest BCUT2D eigenvalue weighted by atomic mass is 32.2. The minimum absolute atomic E-state index is 0.0380. The molecule has 0 bridgehead atoms. The number of nitrogens with zero attached hydrogens (tertiary/aromatic N) is 4. The van der Waals surface area contributed by atoms with Gasteiger partial charge in [0, 0.05) is 68.2 Å². The van der Waals surface area contributed by atoms with Crippen molar-refractivity contribution in [2.75, 3.05) is 42.9 Å². The van der Waals surface area contributed by atoms with Gasteiger partial charge in [-0.05, 0) is 48.9 Å². The molecule has 0 radical (unpaired) electrons. The van der Waals surface area contributed by atoms with Crippen molar-refractivity contribution in [1.82, 2.24) is 14.9 Å². The number of piperazine rings is 1. The van der Waals surface area contributed by atoms with E-state index in [4.69, 9.17) is 9.47 Å². The van der Waals surface area contributed by atoms with Crippen molar-refractivity contribution in [3.63, 3.8) is 0 Å². The molecule has 44 heavy (non-hydrogen) atoms. The molecule has 1 aliphatic rings. The summed E-state index contributed by atoms with van der Waals surface area (Å²) >= 11 is 0. The molecule has 2 aromatic carbocycles. The number of anilines is 2. The average molecular weight is 626 g/mol. The van der Waals surface area contributed by atoms with Gasteiger partial charge in [-0.3, -0.25) is 19.3 Å². The van der Waals surface area contributed by atoms with E-state index in [2.05, 4.69) is 19.6 Å². The summed E-state index contributed by atoms with van der Waals surface area (Å²) in [6, 6.07) is 11.1. The van der Waals surface area contributed by atoms with Crippen LogP contribution in [0.15, 0.2) is 65.8 Å². The highest BCUT2D eigenvalue weighted by molar-refractivity contribution is 7.92. The van der Waals surface area contributed by atoms with E-state index in [9.17, 15) is 26.8 Å². The zero-order valence-corrected chi connectivity index (χ0v) is 24.9. The van der Waals surface area contributed by atoms with E-state index in [-0.39, 0.29) is 17.5 Å². The van der Waals surface area contributed by atoms with E-state index < -0.39 is 38.6 Å². The number of hydrogen-bond acceptors (Lipinski definition) is 9. The van der Waals surface area contributed by atoms with E-state index in [0.29, 0.717) is 43.4 Å². The monoisotopic (exact) mass is 625 g/mol. The SMILES string of the molecule is COc1ncc(-c2ccc3nccc(N4CCN(C(=O)C(C)OC(C)=O)CC4)c3c2)cc1NS(=O)(=O)c1ccc(F)cc1F. The van der Waals surface area contributed by atoms with Crippen LogP contribution in [-0.2, 0) is 24.3 Å². The average Bonchev–Trinajstić information content (AvgIpc) is 2.99. The second kappa shape index (κ2) is 12.4. The molecule has 0 spiro atoms. The van der Waals surface area contributed by atoms with Crippen LogP contribution in [0.2, 0.25) is 0 Å². The molecular formula is C30H29F2N5O6S. The summed E-state index contributed by atoms with van der Waals surface area (Å²) in [6.45, 7) is 4.78. The zero-order chi connectivity index (χ0) is 31.6. The number of esters is 1. The van der Waals surface area contributed by atoms with E-state index in [1.165, 1.54) is 26.3 Å². The Morgan fingerprint density at radius 3 is 2.41 bits per heavy atom. The molecule has 1 aliphatic heterocycles. The van der Waals surface area contributed by atoms with Gasteiger partial charge >= 0.3 is 5.97 Å². The van der Waals surface area contributed by atoms with Crippen molar-refractivity contribution < 1.29 is 36.3 Å². The molecule has 230 valence electrons. The van der Waals surface area contributed by atoms with E-state index >= 15 is 0 Å². The van der Waals surface area contributed by atoms with Gasteiger partial charge in [-0.2, -0.15) is 0 Å². The predicted octanol–water partition coefficient (Wildman–Crippen LogP) is 3.98. The number of rotatable bonds is 8. The fraction of sp³-hybridized carbons (Fsp3) is 0.267. The van der Waals surface area contributed by atoms with Gasteiger partial charge < -0.3 is 19.3 Å². The Labute approximate surface area is 252 Å². The molecule has 2 aromatic heterocycles. The summed E-state index contributed by atoms with van der Waals surface area (Å²) in [5.41, 5.74) is 2.81. The molecule has 11 nitrogen and oxygen atoms in total. The van der Waals surface area contributed by atoms with Crippen LogP contribution in [0.5, 0.6) is 5.88 Å². The number of fused-ring (bicyclic) bond motifs is 1. The number of carbonyl (C=O) groups excluding carboxylic acids is 2. The summed E-state index contributed by atoms with van der Waals surface area (Å²) in [4.78, 5) is 35.7. The summed E-state index contributed by atoms with van der Waals surface area (Å²) in [7, 11) is -3.14. The first kappa shape index (κ1) is 30.6. The van der Waals surface area contributed by atoms with E-state index in [1.807, 2.05) is 24.3 Å². The highest BCUT2D eigenvalue weighted by Gasteiger charge is 2.27. The Bertz CT molecular complexity index is 1850. The van der Waals surface area contributed by atoms with Crippen molar-refractivity contribution >= 4 is 44.2 Å². The number of ether oxygens (including phenoxy) is 2. The molecule has 1 fully saturated rings. The molecular weight excluding hydrogens is 596 g/mol. The summed E-state index contributed by atoms with van der Waals surface area (Å²) < 4.78 is 66.2. The van der Waals surface area contributed by atoms with E-state index in [1.54, 1.807) is 18.0 Å². The molecule has 0 aliphatic carbocycles. The maximum absolute atomic E-state index is 14.3. The zero-order valence-electron chi connectivity index (χ0n) is 24.1. The van der Waals surface area contributed by atoms with Crippen LogP contribution in [-0.4, -0.2) is 74.6 Å². The van der Waals surface area contributed by atoms with Crippen LogP contribution >= 0.6 is 0 Å². The predicted molar refractivity (Wildman–Crippen MR) is 159 cm³/mol. The summed E-state index contributed by atoms with van der Waals surface area (Å²) in [5, 5.41) is 0.824. The molecule has 1 amide bonds.